The molecule has 0 bridgehead atoms. The molecule has 0 aliphatic heterocycles. The van der Waals surface area contributed by atoms with Crippen molar-refractivity contribution >= 4 is 28.5 Å². The van der Waals surface area contributed by atoms with Crippen LogP contribution in [0.3, 0.4) is 0 Å². The Labute approximate surface area is 168 Å². The number of hydrogen-bond acceptors (Lipinski definition) is 5. The molecule has 8 heteroatoms. The van der Waals surface area contributed by atoms with Crippen LogP contribution in [-0.4, -0.2) is 48.7 Å². The number of fused-ring (bicyclic) bond motifs is 1. The van der Waals surface area contributed by atoms with Crippen LogP contribution in [0.1, 0.15) is 5.82 Å². The number of aromatic nitrogens is 2. The van der Waals surface area contributed by atoms with Crippen LogP contribution in [0, 0.1) is 0 Å². The lowest BCUT2D eigenvalue weighted by molar-refractivity contribution is -0.124. The average Bonchev–Trinajstić information content (AvgIpc) is 3.06. The molecule has 2 N–H and O–H groups in total. The van der Waals surface area contributed by atoms with Crippen LogP contribution < -0.4 is 15.4 Å². The van der Waals surface area contributed by atoms with Crippen molar-refractivity contribution in [3.8, 4) is 5.75 Å². The second-order valence-corrected chi connectivity index (χ2v) is 6.38. The Morgan fingerprint density at radius 3 is 2.59 bits per heavy atom. The van der Waals surface area contributed by atoms with Crippen LogP contribution in [0.4, 0.5) is 5.69 Å². The largest absolute Gasteiger partial charge is 0.495 e. The van der Waals surface area contributed by atoms with Gasteiger partial charge in [0.25, 0.3) is 0 Å². The maximum Gasteiger partial charge on any atom is 0.245 e. The molecule has 152 valence electrons. The van der Waals surface area contributed by atoms with E-state index in [4.69, 9.17) is 9.47 Å². The van der Waals surface area contributed by atoms with Crippen molar-refractivity contribution in [2.45, 2.75) is 13.0 Å². The second kappa shape index (κ2) is 9.70. The number of hydrogen-bond donors (Lipinski definition) is 2. The Hall–Kier alpha value is -3.39. The highest BCUT2D eigenvalue weighted by Gasteiger charge is 2.15. The summed E-state index contributed by atoms with van der Waals surface area (Å²) in [5.41, 5.74) is 2.27. The first-order chi connectivity index (χ1) is 14.1. The molecule has 0 radical (unpaired) electrons. The number of imidazole rings is 1. The molecule has 0 unspecified atom stereocenters. The lowest BCUT2D eigenvalue weighted by Crippen LogP contribution is -2.30. The van der Waals surface area contributed by atoms with Crippen molar-refractivity contribution in [1.82, 2.24) is 14.9 Å². The molecule has 0 aliphatic carbocycles. The second-order valence-electron chi connectivity index (χ2n) is 6.38. The summed E-state index contributed by atoms with van der Waals surface area (Å²) in [6.45, 7) is 0.511. The van der Waals surface area contributed by atoms with Gasteiger partial charge in [-0.15, -0.1) is 0 Å². The Kier molecular flexibility index (Phi) is 6.80. The third kappa shape index (κ3) is 5.11. The molecule has 29 heavy (non-hydrogen) atoms. The first-order valence-electron chi connectivity index (χ1n) is 9.25. The zero-order chi connectivity index (χ0) is 20.6. The molecule has 0 atom stereocenters. The highest BCUT2D eigenvalue weighted by molar-refractivity contribution is 5.93. The van der Waals surface area contributed by atoms with Gasteiger partial charge in [0.15, 0.2) is 0 Å². The standard InChI is InChI=1S/C21H24N4O4/c1-28-14-21(27)22-12-11-19-23-15-7-3-5-9-17(15)25(19)13-20(26)24-16-8-4-6-10-18(16)29-2/h3-10H,11-14H2,1-2H3,(H,22,27)(H,24,26). The number of ether oxygens (including phenoxy) is 2. The minimum atomic E-state index is -0.192. The van der Waals surface area contributed by atoms with Gasteiger partial charge in [0.05, 0.1) is 23.8 Å². The van der Waals surface area contributed by atoms with Crippen molar-refractivity contribution in [1.29, 1.82) is 0 Å². The molecule has 1 aromatic heterocycles. The molecule has 2 amide bonds. The zero-order valence-corrected chi connectivity index (χ0v) is 16.5. The highest BCUT2D eigenvalue weighted by Crippen LogP contribution is 2.23. The van der Waals surface area contributed by atoms with Gasteiger partial charge in [-0.3, -0.25) is 9.59 Å². The van der Waals surface area contributed by atoms with Crippen molar-refractivity contribution in [2.75, 3.05) is 32.7 Å². The van der Waals surface area contributed by atoms with E-state index in [2.05, 4.69) is 15.6 Å². The lowest BCUT2D eigenvalue weighted by atomic mass is 10.3. The van der Waals surface area contributed by atoms with Crippen molar-refractivity contribution in [3.05, 3.63) is 54.4 Å². The summed E-state index contributed by atoms with van der Waals surface area (Å²) in [5.74, 6) is 0.933. The van der Waals surface area contributed by atoms with E-state index in [0.29, 0.717) is 24.4 Å². The predicted octanol–water partition coefficient (Wildman–Crippen LogP) is 1.99. The SMILES string of the molecule is COCC(=O)NCCc1nc2ccccc2n1CC(=O)Nc1ccccc1OC. The number of nitrogens with zero attached hydrogens (tertiary/aromatic N) is 2. The fourth-order valence-electron chi connectivity index (χ4n) is 3.07. The first-order valence-corrected chi connectivity index (χ1v) is 9.25. The Bertz CT molecular complexity index is 999. The fourth-order valence-corrected chi connectivity index (χ4v) is 3.07. The molecule has 8 nitrogen and oxygen atoms in total. The number of benzene rings is 2. The minimum absolute atomic E-state index is 0.0116. The van der Waals surface area contributed by atoms with Gasteiger partial charge in [0.1, 0.15) is 24.7 Å². The number of amides is 2. The van der Waals surface area contributed by atoms with Gasteiger partial charge < -0.3 is 24.7 Å². The maximum atomic E-state index is 12.7. The maximum absolute atomic E-state index is 12.7. The van der Waals surface area contributed by atoms with Gasteiger partial charge >= 0.3 is 0 Å². The van der Waals surface area contributed by atoms with Crippen LogP contribution in [0.2, 0.25) is 0 Å². The number of anilines is 1. The molecular weight excluding hydrogens is 372 g/mol. The molecule has 1 heterocycles. The zero-order valence-electron chi connectivity index (χ0n) is 16.5. The molecule has 0 saturated carbocycles. The Balaban J connectivity index is 1.76. The number of carbonyl (C=O) groups is 2. The van der Waals surface area contributed by atoms with Crippen LogP contribution >= 0.6 is 0 Å². The van der Waals surface area contributed by atoms with E-state index >= 15 is 0 Å². The molecule has 0 spiro atoms. The number of methoxy groups -OCH3 is 2. The van der Waals surface area contributed by atoms with Gasteiger partial charge in [0, 0.05) is 20.1 Å². The van der Waals surface area contributed by atoms with Crippen molar-refractivity contribution in [2.24, 2.45) is 0 Å². The number of carbonyl (C=O) groups excluding carboxylic acids is 2. The molecule has 0 aliphatic rings. The summed E-state index contributed by atoms with van der Waals surface area (Å²) in [4.78, 5) is 28.9. The Morgan fingerprint density at radius 1 is 1.03 bits per heavy atom. The summed E-state index contributed by atoms with van der Waals surface area (Å²) in [6.07, 6.45) is 0.492. The third-order valence-electron chi connectivity index (χ3n) is 4.36. The summed E-state index contributed by atoms with van der Waals surface area (Å²) in [5, 5.41) is 5.66. The minimum Gasteiger partial charge on any atom is -0.495 e. The van der Waals surface area contributed by atoms with Crippen molar-refractivity contribution in [3.63, 3.8) is 0 Å². The van der Waals surface area contributed by atoms with E-state index in [0.717, 1.165) is 16.9 Å². The quantitative estimate of drug-likeness (QED) is 0.577. The third-order valence-corrected chi connectivity index (χ3v) is 4.36. The summed E-state index contributed by atoms with van der Waals surface area (Å²) in [6, 6.07) is 14.9. The van der Waals surface area contributed by atoms with Gasteiger partial charge in [-0.05, 0) is 24.3 Å². The van der Waals surface area contributed by atoms with E-state index in [1.807, 2.05) is 41.0 Å². The highest BCUT2D eigenvalue weighted by atomic mass is 16.5. The van der Waals surface area contributed by atoms with Crippen LogP contribution in [0.15, 0.2) is 48.5 Å². The van der Waals surface area contributed by atoms with E-state index < -0.39 is 0 Å². The van der Waals surface area contributed by atoms with Gasteiger partial charge in [-0.1, -0.05) is 24.3 Å². The molecule has 3 aromatic rings. The van der Waals surface area contributed by atoms with Gasteiger partial charge in [0.2, 0.25) is 11.8 Å². The smallest absolute Gasteiger partial charge is 0.245 e. The molecular formula is C21H24N4O4. The average molecular weight is 396 g/mol. The topological polar surface area (TPSA) is 94.5 Å². The van der Waals surface area contributed by atoms with E-state index in [9.17, 15) is 9.59 Å². The monoisotopic (exact) mass is 396 g/mol. The molecule has 2 aromatic carbocycles. The Morgan fingerprint density at radius 2 is 1.79 bits per heavy atom. The normalized spacial score (nSPS) is 10.7. The van der Waals surface area contributed by atoms with E-state index in [-0.39, 0.29) is 25.0 Å². The van der Waals surface area contributed by atoms with Crippen molar-refractivity contribution < 1.29 is 19.1 Å². The predicted molar refractivity (Wildman–Crippen MR) is 110 cm³/mol. The van der Waals surface area contributed by atoms with E-state index in [1.165, 1.54) is 7.11 Å². The van der Waals surface area contributed by atoms with Crippen LogP contribution in [0.25, 0.3) is 11.0 Å². The van der Waals surface area contributed by atoms with Gasteiger partial charge in [-0.25, -0.2) is 4.98 Å². The molecule has 0 saturated heterocycles. The first kappa shape index (κ1) is 20.3. The number of rotatable bonds is 9. The number of para-hydroxylation sites is 4. The van der Waals surface area contributed by atoms with Crippen LogP contribution in [-0.2, 0) is 27.3 Å². The summed E-state index contributed by atoms with van der Waals surface area (Å²) < 4.78 is 12.0. The van der Waals surface area contributed by atoms with E-state index in [1.54, 1.807) is 19.2 Å². The molecule has 3 rings (SSSR count). The fraction of sp³-hybridized carbons (Fsp3) is 0.286. The lowest BCUT2D eigenvalue weighted by Gasteiger charge is -2.12. The molecule has 0 fully saturated rings. The van der Waals surface area contributed by atoms with Gasteiger partial charge in [-0.2, -0.15) is 0 Å². The number of nitrogens with one attached hydrogen (secondary N) is 2. The van der Waals surface area contributed by atoms with Crippen LogP contribution in [0.5, 0.6) is 5.75 Å². The summed E-state index contributed by atoms with van der Waals surface area (Å²) >= 11 is 0. The summed E-state index contributed by atoms with van der Waals surface area (Å²) in [7, 11) is 3.03.